The molecule has 0 aromatic rings. The Kier molecular flexibility index (Phi) is 9.18. The van der Waals surface area contributed by atoms with Crippen LogP contribution in [-0.4, -0.2) is 43.2 Å². The number of rotatable bonds is 9. The smallest absolute Gasteiger partial charge is 0.220 e. The summed E-state index contributed by atoms with van der Waals surface area (Å²) in [6.07, 6.45) is -0.0339. The van der Waals surface area contributed by atoms with E-state index in [0.717, 1.165) is 0 Å². The van der Waals surface area contributed by atoms with Gasteiger partial charge >= 0.3 is 0 Å². The molecule has 0 heterocycles. The van der Waals surface area contributed by atoms with Crippen LogP contribution in [0.1, 0.15) is 33.6 Å². The Morgan fingerprint density at radius 3 is 2.31 bits per heavy atom. The van der Waals surface area contributed by atoms with Crippen LogP contribution >= 0.6 is 0 Å². The number of carbonyl (C=O) groups excluding carboxylic acids is 1. The predicted molar refractivity (Wildman–Crippen MR) is 61.0 cm³/mol. The summed E-state index contributed by atoms with van der Waals surface area (Å²) in [6, 6.07) is 0. The van der Waals surface area contributed by atoms with Gasteiger partial charge in [-0.15, -0.1) is 0 Å². The third kappa shape index (κ3) is 8.64. The average Bonchev–Trinajstić information content (AvgIpc) is 2.23. The first-order valence-corrected chi connectivity index (χ1v) is 5.78. The molecule has 0 radical (unpaired) electrons. The number of ether oxygens (including phenoxy) is 2. The summed E-state index contributed by atoms with van der Waals surface area (Å²) in [5, 5.41) is 11.7. The van der Waals surface area contributed by atoms with Gasteiger partial charge in [-0.3, -0.25) is 4.79 Å². The fourth-order valence-electron chi connectivity index (χ4n) is 1.16. The van der Waals surface area contributed by atoms with Crippen molar-refractivity contribution in [1.29, 1.82) is 0 Å². The van der Waals surface area contributed by atoms with Crippen LogP contribution in [0.4, 0.5) is 0 Å². The van der Waals surface area contributed by atoms with Crippen LogP contribution in [0.5, 0.6) is 0 Å². The number of carbonyl (C=O) groups is 1. The average molecular weight is 233 g/mol. The molecule has 0 aromatic heterocycles. The van der Waals surface area contributed by atoms with E-state index in [9.17, 15) is 4.79 Å². The molecule has 1 amide bonds. The molecule has 0 bridgehead atoms. The van der Waals surface area contributed by atoms with Gasteiger partial charge in [-0.1, -0.05) is 0 Å². The molecular formula is C11H23NO4. The Labute approximate surface area is 97.1 Å². The minimum absolute atomic E-state index is 0.0923. The summed E-state index contributed by atoms with van der Waals surface area (Å²) in [6.45, 7) is 6.86. The van der Waals surface area contributed by atoms with Crippen LogP contribution in [0.15, 0.2) is 0 Å². The van der Waals surface area contributed by atoms with Crippen molar-refractivity contribution in [2.45, 2.75) is 46.0 Å². The van der Waals surface area contributed by atoms with E-state index in [1.165, 1.54) is 0 Å². The van der Waals surface area contributed by atoms with Crippen LogP contribution in [0.25, 0.3) is 0 Å². The van der Waals surface area contributed by atoms with Crippen molar-refractivity contribution >= 4 is 5.91 Å². The minimum atomic E-state index is -0.444. The molecule has 5 nitrogen and oxygen atoms in total. The zero-order valence-electron chi connectivity index (χ0n) is 10.4. The molecule has 0 saturated heterocycles. The molecule has 96 valence electrons. The maximum absolute atomic E-state index is 11.3. The largest absolute Gasteiger partial charge is 0.393 e. The normalized spacial score (nSPS) is 12.8. The number of hydrogen-bond acceptors (Lipinski definition) is 4. The molecular weight excluding hydrogens is 210 g/mol. The minimum Gasteiger partial charge on any atom is -0.393 e. The zero-order valence-corrected chi connectivity index (χ0v) is 10.4. The van der Waals surface area contributed by atoms with E-state index in [0.29, 0.717) is 32.6 Å². The van der Waals surface area contributed by atoms with E-state index >= 15 is 0 Å². The highest BCUT2D eigenvalue weighted by Gasteiger charge is 2.10. The summed E-state index contributed by atoms with van der Waals surface area (Å²) < 4.78 is 10.5. The van der Waals surface area contributed by atoms with Crippen LogP contribution in [0.3, 0.4) is 0 Å². The standard InChI is InChI=1S/C11H23NO4/c1-4-15-11(16-5-2)8-12-10(14)7-6-9(3)13/h9,11,13H,4-8H2,1-3H3,(H,12,14). The van der Waals surface area contributed by atoms with E-state index in [1.54, 1.807) is 6.92 Å². The Morgan fingerprint density at radius 1 is 1.31 bits per heavy atom. The number of hydrogen-bond donors (Lipinski definition) is 2. The predicted octanol–water partition coefficient (Wildman–Crippen LogP) is 0.663. The molecule has 0 aromatic carbocycles. The lowest BCUT2D eigenvalue weighted by molar-refractivity contribution is -0.140. The Hall–Kier alpha value is -0.650. The third-order valence-corrected chi connectivity index (χ3v) is 1.96. The number of aliphatic hydroxyl groups is 1. The lowest BCUT2D eigenvalue weighted by Crippen LogP contribution is -2.35. The lowest BCUT2D eigenvalue weighted by atomic mass is 10.2. The van der Waals surface area contributed by atoms with Gasteiger partial charge < -0.3 is 19.9 Å². The summed E-state index contributed by atoms with van der Waals surface area (Å²) in [5.74, 6) is -0.0923. The van der Waals surface area contributed by atoms with Gasteiger partial charge in [-0.05, 0) is 27.2 Å². The number of aliphatic hydroxyl groups excluding tert-OH is 1. The highest BCUT2D eigenvalue weighted by Crippen LogP contribution is 1.97. The second-order valence-electron chi connectivity index (χ2n) is 3.53. The summed E-state index contributed by atoms with van der Waals surface area (Å²) in [4.78, 5) is 11.3. The first kappa shape index (κ1) is 15.3. The highest BCUT2D eigenvalue weighted by atomic mass is 16.7. The second-order valence-corrected chi connectivity index (χ2v) is 3.53. The summed E-state index contributed by atoms with van der Waals surface area (Å²) >= 11 is 0. The maximum atomic E-state index is 11.3. The first-order chi connectivity index (χ1) is 7.60. The molecule has 0 aliphatic carbocycles. The molecule has 5 heteroatoms. The quantitative estimate of drug-likeness (QED) is 0.574. The van der Waals surface area contributed by atoms with Crippen molar-refractivity contribution in [3.05, 3.63) is 0 Å². The van der Waals surface area contributed by atoms with Gasteiger partial charge in [0.05, 0.1) is 12.6 Å². The molecule has 1 unspecified atom stereocenters. The zero-order chi connectivity index (χ0) is 12.4. The topological polar surface area (TPSA) is 67.8 Å². The number of amides is 1. The van der Waals surface area contributed by atoms with Gasteiger partial charge in [0, 0.05) is 19.6 Å². The van der Waals surface area contributed by atoms with E-state index < -0.39 is 6.10 Å². The molecule has 1 atom stereocenters. The molecule has 0 aliphatic rings. The molecule has 16 heavy (non-hydrogen) atoms. The van der Waals surface area contributed by atoms with E-state index in [1.807, 2.05) is 13.8 Å². The molecule has 0 aliphatic heterocycles. The van der Waals surface area contributed by atoms with E-state index in [4.69, 9.17) is 14.6 Å². The van der Waals surface area contributed by atoms with Gasteiger partial charge in [0.1, 0.15) is 0 Å². The Bertz CT molecular complexity index is 179. The first-order valence-electron chi connectivity index (χ1n) is 5.78. The van der Waals surface area contributed by atoms with Crippen molar-refractivity contribution in [1.82, 2.24) is 5.32 Å². The fourth-order valence-corrected chi connectivity index (χ4v) is 1.16. The van der Waals surface area contributed by atoms with Crippen molar-refractivity contribution < 1.29 is 19.4 Å². The van der Waals surface area contributed by atoms with Crippen molar-refractivity contribution in [2.75, 3.05) is 19.8 Å². The third-order valence-electron chi connectivity index (χ3n) is 1.96. The summed E-state index contributed by atoms with van der Waals surface area (Å²) in [5.41, 5.74) is 0. The molecule has 0 rings (SSSR count). The Morgan fingerprint density at radius 2 is 1.88 bits per heavy atom. The fraction of sp³-hybridized carbons (Fsp3) is 0.909. The van der Waals surface area contributed by atoms with E-state index in [-0.39, 0.29) is 12.2 Å². The van der Waals surface area contributed by atoms with Crippen LogP contribution < -0.4 is 5.32 Å². The lowest BCUT2D eigenvalue weighted by Gasteiger charge is -2.17. The van der Waals surface area contributed by atoms with E-state index in [2.05, 4.69) is 5.32 Å². The van der Waals surface area contributed by atoms with Gasteiger partial charge in [-0.25, -0.2) is 0 Å². The van der Waals surface area contributed by atoms with Crippen LogP contribution in [0, 0.1) is 0 Å². The van der Waals surface area contributed by atoms with Crippen LogP contribution in [0.2, 0.25) is 0 Å². The molecule has 0 fully saturated rings. The maximum Gasteiger partial charge on any atom is 0.220 e. The van der Waals surface area contributed by atoms with Crippen molar-refractivity contribution in [3.8, 4) is 0 Å². The van der Waals surface area contributed by atoms with Gasteiger partial charge in [-0.2, -0.15) is 0 Å². The Balaban J connectivity index is 3.68. The second kappa shape index (κ2) is 9.57. The van der Waals surface area contributed by atoms with Gasteiger partial charge in [0.25, 0.3) is 0 Å². The molecule has 2 N–H and O–H groups in total. The van der Waals surface area contributed by atoms with Crippen molar-refractivity contribution in [2.24, 2.45) is 0 Å². The van der Waals surface area contributed by atoms with Crippen LogP contribution in [-0.2, 0) is 14.3 Å². The SMILES string of the molecule is CCOC(CNC(=O)CCC(C)O)OCC. The van der Waals surface area contributed by atoms with Gasteiger partial charge in [0.15, 0.2) is 6.29 Å². The van der Waals surface area contributed by atoms with Crippen molar-refractivity contribution in [3.63, 3.8) is 0 Å². The monoisotopic (exact) mass is 233 g/mol. The molecule has 0 saturated carbocycles. The molecule has 0 spiro atoms. The number of nitrogens with one attached hydrogen (secondary N) is 1. The highest BCUT2D eigenvalue weighted by molar-refractivity contribution is 5.75. The van der Waals surface area contributed by atoms with Gasteiger partial charge in [0.2, 0.25) is 5.91 Å². The summed E-state index contributed by atoms with van der Waals surface area (Å²) in [7, 11) is 0.